The van der Waals surface area contributed by atoms with Crippen LogP contribution in [0.5, 0.6) is 0 Å². The highest BCUT2D eigenvalue weighted by Crippen LogP contribution is 2.29. The van der Waals surface area contributed by atoms with Gasteiger partial charge in [-0.05, 0) is 41.9 Å². The van der Waals surface area contributed by atoms with E-state index in [1.807, 2.05) is 13.0 Å². The molecule has 19 heavy (non-hydrogen) atoms. The molecule has 0 fully saturated rings. The van der Waals surface area contributed by atoms with Crippen molar-refractivity contribution in [3.8, 4) is 6.07 Å². The van der Waals surface area contributed by atoms with Crippen molar-refractivity contribution in [2.24, 2.45) is 0 Å². The molecule has 0 amide bonds. The maximum Gasteiger partial charge on any atom is 0.216 e. The topological polar surface area (TPSA) is 61.9 Å². The molecule has 1 N–H and O–H groups in total. The van der Waals surface area contributed by atoms with E-state index in [0.29, 0.717) is 11.7 Å². The quantitative estimate of drug-likeness (QED) is 0.929. The zero-order chi connectivity index (χ0) is 14.0. The first-order valence-electron chi connectivity index (χ1n) is 5.60. The molecule has 0 spiro atoms. The lowest BCUT2D eigenvalue weighted by Crippen LogP contribution is -2.08. The average Bonchev–Trinajstić information content (AvgIpc) is 2.82. The van der Waals surface area contributed by atoms with E-state index in [-0.39, 0.29) is 21.8 Å². The van der Waals surface area contributed by atoms with Gasteiger partial charge in [-0.3, -0.25) is 0 Å². The summed E-state index contributed by atoms with van der Waals surface area (Å²) in [5, 5.41) is 11.8. The maximum absolute atomic E-state index is 14.0. The Morgan fingerprint density at radius 1 is 1.53 bits per heavy atom. The molecular formula is C13H11BrFN3O. The molecule has 0 saturated carbocycles. The van der Waals surface area contributed by atoms with E-state index in [4.69, 9.17) is 9.68 Å². The molecule has 0 radical (unpaired) electrons. The van der Waals surface area contributed by atoms with Gasteiger partial charge in [-0.2, -0.15) is 5.26 Å². The van der Waals surface area contributed by atoms with Crippen molar-refractivity contribution in [3.05, 3.63) is 45.8 Å². The van der Waals surface area contributed by atoms with Crippen LogP contribution in [0.1, 0.15) is 30.2 Å². The Morgan fingerprint density at radius 2 is 2.26 bits per heavy atom. The first kappa shape index (κ1) is 13.6. The van der Waals surface area contributed by atoms with Gasteiger partial charge in [0.15, 0.2) is 5.82 Å². The van der Waals surface area contributed by atoms with Crippen LogP contribution in [0.4, 0.5) is 10.1 Å². The largest absolute Gasteiger partial charge is 0.444 e. The first-order valence-corrected chi connectivity index (χ1v) is 6.39. The first-order chi connectivity index (χ1) is 9.02. The molecule has 0 aliphatic carbocycles. The normalized spacial score (nSPS) is 11.9. The highest BCUT2D eigenvalue weighted by atomic mass is 79.9. The van der Waals surface area contributed by atoms with Crippen molar-refractivity contribution in [2.75, 3.05) is 5.32 Å². The number of nitriles is 1. The van der Waals surface area contributed by atoms with Gasteiger partial charge in [0.25, 0.3) is 0 Å². The number of benzene rings is 1. The van der Waals surface area contributed by atoms with E-state index in [9.17, 15) is 4.39 Å². The molecule has 0 bridgehead atoms. The minimum Gasteiger partial charge on any atom is -0.444 e. The summed E-state index contributed by atoms with van der Waals surface area (Å²) in [7, 11) is 0. The second kappa shape index (κ2) is 5.41. The Balaban J connectivity index is 2.25. The predicted molar refractivity (Wildman–Crippen MR) is 72.1 cm³/mol. The van der Waals surface area contributed by atoms with Crippen LogP contribution in [0.25, 0.3) is 0 Å². The molecule has 2 aromatic rings. The van der Waals surface area contributed by atoms with Gasteiger partial charge in [0, 0.05) is 0 Å². The fraction of sp³-hybridized carbons (Fsp3) is 0.231. The summed E-state index contributed by atoms with van der Waals surface area (Å²) in [6.45, 7) is 3.61. The smallest absolute Gasteiger partial charge is 0.216 e. The van der Waals surface area contributed by atoms with Crippen LogP contribution < -0.4 is 5.32 Å². The Kier molecular flexibility index (Phi) is 3.86. The summed E-state index contributed by atoms with van der Waals surface area (Å²) in [6.07, 6.45) is 1.61. The minimum absolute atomic E-state index is 0.149. The summed E-state index contributed by atoms with van der Waals surface area (Å²) in [6, 6.07) is 4.69. The summed E-state index contributed by atoms with van der Waals surface area (Å²) in [5.41, 5.74) is 0.539. The van der Waals surface area contributed by atoms with Crippen LogP contribution in [-0.4, -0.2) is 4.98 Å². The Bertz CT molecular complexity index is 648. The summed E-state index contributed by atoms with van der Waals surface area (Å²) >= 11 is 3.06. The molecule has 0 aliphatic heterocycles. The Hall–Kier alpha value is -1.87. The second-order valence-corrected chi connectivity index (χ2v) is 4.87. The van der Waals surface area contributed by atoms with E-state index in [2.05, 4.69) is 26.2 Å². The lowest BCUT2D eigenvalue weighted by atomic mass is 10.2. The van der Waals surface area contributed by atoms with Crippen molar-refractivity contribution in [3.63, 3.8) is 0 Å². The third-order valence-electron chi connectivity index (χ3n) is 2.58. The fourth-order valence-electron chi connectivity index (χ4n) is 1.61. The van der Waals surface area contributed by atoms with E-state index >= 15 is 0 Å². The SMILES string of the molecule is Cc1cnc(C(C)Nc2ccc(C#N)c(Br)c2F)o1. The molecule has 0 saturated heterocycles. The monoisotopic (exact) mass is 323 g/mol. The van der Waals surface area contributed by atoms with Crippen molar-refractivity contribution in [1.82, 2.24) is 4.98 Å². The highest BCUT2D eigenvalue weighted by molar-refractivity contribution is 9.10. The number of nitrogens with zero attached hydrogens (tertiary/aromatic N) is 2. The van der Waals surface area contributed by atoms with Gasteiger partial charge in [-0.25, -0.2) is 9.37 Å². The Labute approximate surface area is 118 Å². The number of halogens is 2. The van der Waals surface area contributed by atoms with Crippen molar-refractivity contribution in [2.45, 2.75) is 19.9 Å². The molecule has 2 rings (SSSR count). The standard InChI is InChI=1S/C13H11BrFN3O/c1-7-6-17-13(19-7)8(2)18-10-4-3-9(5-16)11(14)12(10)15/h3-4,6,8,18H,1-2H3. The van der Waals surface area contributed by atoms with Crippen molar-refractivity contribution >= 4 is 21.6 Å². The van der Waals surface area contributed by atoms with Crippen LogP contribution >= 0.6 is 15.9 Å². The lowest BCUT2D eigenvalue weighted by molar-refractivity contribution is 0.453. The summed E-state index contributed by atoms with van der Waals surface area (Å²) < 4.78 is 19.5. The minimum atomic E-state index is -0.505. The number of aryl methyl sites for hydroxylation is 1. The average molecular weight is 324 g/mol. The molecule has 1 unspecified atom stereocenters. The number of oxazole rings is 1. The van der Waals surface area contributed by atoms with E-state index in [1.54, 1.807) is 19.2 Å². The highest BCUT2D eigenvalue weighted by Gasteiger charge is 2.16. The molecule has 4 nitrogen and oxygen atoms in total. The Morgan fingerprint density at radius 3 is 2.84 bits per heavy atom. The molecule has 1 aromatic carbocycles. The number of rotatable bonds is 3. The van der Waals surface area contributed by atoms with Gasteiger partial charge in [-0.15, -0.1) is 0 Å². The van der Waals surface area contributed by atoms with E-state index in [1.165, 1.54) is 6.07 Å². The van der Waals surface area contributed by atoms with Crippen LogP contribution in [0.15, 0.2) is 27.2 Å². The van der Waals surface area contributed by atoms with Gasteiger partial charge in [0.1, 0.15) is 17.9 Å². The van der Waals surface area contributed by atoms with Crippen LogP contribution in [0.2, 0.25) is 0 Å². The predicted octanol–water partition coefficient (Wildman–Crippen LogP) is 3.93. The number of nitrogens with one attached hydrogen (secondary N) is 1. The van der Waals surface area contributed by atoms with Gasteiger partial charge >= 0.3 is 0 Å². The third kappa shape index (κ3) is 2.76. The van der Waals surface area contributed by atoms with Crippen LogP contribution in [0, 0.1) is 24.1 Å². The third-order valence-corrected chi connectivity index (χ3v) is 3.36. The van der Waals surface area contributed by atoms with Gasteiger partial charge < -0.3 is 9.73 Å². The van der Waals surface area contributed by atoms with Crippen LogP contribution in [0.3, 0.4) is 0 Å². The molecule has 98 valence electrons. The molecule has 1 atom stereocenters. The molecule has 1 aromatic heterocycles. The molecule has 0 aliphatic rings. The van der Waals surface area contributed by atoms with Crippen molar-refractivity contribution in [1.29, 1.82) is 5.26 Å². The van der Waals surface area contributed by atoms with E-state index < -0.39 is 5.82 Å². The number of hydrogen-bond acceptors (Lipinski definition) is 4. The summed E-state index contributed by atoms with van der Waals surface area (Å²) in [4.78, 5) is 4.08. The zero-order valence-corrected chi connectivity index (χ0v) is 12.0. The van der Waals surface area contributed by atoms with Gasteiger partial charge in [0.2, 0.25) is 5.89 Å². The molecular weight excluding hydrogens is 313 g/mol. The maximum atomic E-state index is 14.0. The second-order valence-electron chi connectivity index (χ2n) is 4.08. The molecule has 6 heteroatoms. The zero-order valence-electron chi connectivity index (χ0n) is 10.4. The van der Waals surface area contributed by atoms with E-state index in [0.717, 1.165) is 0 Å². The number of hydrogen-bond donors (Lipinski definition) is 1. The fourth-order valence-corrected chi connectivity index (χ4v) is 2.05. The van der Waals surface area contributed by atoms with Crippen LogP contribution in [-0.2, 0) is 0 Å². The number of anilines is 1. The summed E-state index contributed by atoms with van der Waals surface area (Å²) in [5.74, 6) is 0.677. The lowest BCUT2D eigenvalue weighted by Gasteiger charge is -2.13. The van der Waals surface area contributed by atoms with Gasteiger partial charge in [0.05, 0.1) is 21.9 Å². The van der Waals surface area contributed by atoms with Crippen molar-refractivity contribution < 1.29 is 8.81 Å². The number of aromatic nitrogens is 1. The molecule has 1 heterocycles. The van der Waals surface area contributed by atoms with Gasteiger partial charge in [-0.1, -0.05) is 0 Å².